The number of aromatic nitrogens is 2. The van der Waals surface area contributed by atoms with Gasteiger partial charge in [0.1, 0.15) is 23.5 Å². The third-order valence-electron chi connectivity index (χ3n) is 6.32. The van der Waals surface area contributed by atoms with Crippen LogP contribution in [0, 0.1) is 6.92 Å². The largest absolute Gasteiger partial charge is 0.354 e. The van der Waals surface area contributed by atoms with E-state index in [0.717, 1.165) is 37.6 Å². The predicted octanol–water partition coefficient (Wildman–Crippen LogP) is 2.02. The van der Waals surface area contributed by atoms with Gasteiger partial charge in [-0.15, -0.1) is 0 Å². The summed E-state index contributed by atoms with van der Waals surface area (Å²) in [6, 6.07) is 15.1. The molecule has 35 heavy (non-hydrogen) atoms. The summed E-state index contributed by atoms with van der Waals surface area (Å²) in [6.07, 6.45) is 0. The summed E-state index contributed by atoms with van der Waals surface area (Å²) < 4.78 is 23.9. The number of sulfonamides is 1. The summed E-state index contributed by atoms with van der Waals surface area (Å²) in [7, 11) is -1.85. The third kappa shape index (κ3) is 4.57. The molecule has 0 bridgehead atoms. The van der Waals surface area contributed by atoms with E-state index in [1.54, 1.807) is 6.07 Å². The fourth-order valence-electron chi connectivity index (χ4n) is 4.51. The number of fused-ring (bicyclic) bond motifs is 1. The fraction of sp³-hybridized carbons (Fsp3) is 0.292. The first kappa shape index (κ1) is 23.2. The van der Waals surface area contributed by atoms with E-state index >= 15 is 0 Å². The predicted molar refractivity (Wildman–Crippen MR) is 134 cm³/mol. The average Bonchev–Trinajstić information content (AvgIpc) is 2.83. The molecule has 1 amide bonds. The van der Waals surface area contributed by atoms with E-state index in [1.165, 1.54) is 12.1 Å². The highest BCUT2D eigenvalue weighted by Crippen LogP contribution is 2.44. The molecule has 182 valence electrons. The second-order valence-corrected chi connectivity index (χ2v) is 10.4. The number of aryl methyl sites for hydroxylation is 1. The van der Waals surface area contributed by atoms with E-state index in [2.05, 4.69) is 27.1 Å². The van der Waals surface area contributed by atoms with Crippen LogP contribution in [0.1, 0.15) is 17.4 Å². The van der Waals surface area contributed by atoms with Gasteiger partial charge in [-0.25, -0.2) is 23.5 Å². The van der Waals surface area contributed by atoms with Crippen molar-refractivity contribution < 1.29 is 13.2 Å². The second kappa shape index (κ2) is 8.91. The van der Waals surface area contributed by atoms with Gasteiger partial charge in [-0.1, -0.05) is 30.3 Å². The van der Waals surface area contributed by atoms with Crippen LogP contribution in [0.15, 0.2) is 59.5 Å². The van der Waals surface area contributed by atoms with Gasteiger partial charge < -0.3 is 20.0 Å². The number of hydrogen-bond acceptors (Lipinski definition) is 8. The van der Waals surface area contributed by atoms with Gasteiger partial charge in [-0.3, -0.25) is 4.79 Å². The Morgan fingerprint density at radius 1 is 0.971 bits per heavy atom. The topological polar surface area (TPSA) is 125 Å². The minimum Gasteiger partial charge on any atom is -0.354 e. The standard InChI is InChI=1S/C24H27N7O3S/c1-16-26-21(30-12-10-29(2)11-13-30)15-22(27-16)31-20-9-8-18(35(25,33)34)14-19(20)28-24(32)23(31)17-6-4-3-5-7-17/h3-9,14-15,23H,10-13H2,1-2H3,(H,28,32)(H2,25,33,34). The van der Waals surface area contributed by atoms with Crippen LogP contribution in [-0.2, 0) is 14.8 Å². The van der Waals surface area contributed by atoms with Gasteiger partial charge in [0.25, 0.3) is 5.91 Å². The summed E-state index contributed by atoms with van der Waals surface area (Å²) in [6.45, 7) is 5.36. The number of rotatable bonds is 4. The number of nitrogens with zero attached hydrogens (tertiary/aromatic N) is 5. The van der Waals surface area contributed by atoms with Crippen molar-refractivity contribution in [3.63, 3.8) is 0 Å². The smallest absolute Gasteiger partial charge is 0.252 e. The lowest BCUT2D eigenvalue weighted by Gasteiger charge is -2.38. The Hall–Kier alpha value is -3.54. The van der Waals surface area contributed by atoms with E-state index in [0.29, 0.717) is 23.0 Å². The van der Waals surface area contributed by atoms with Gasteiger partial charge in [-0.2, -0.15) is 0 Å². The molecule has 2 aromatic carbocycles. The first-order valence-corrected chi connectivity index (χ1v) is 12.9. The number of piperazine rings is 1. The zero-order valence-electron chi connectivity index (χ0n) is 19.5. The molecular weight excluding hydrogens is 466 g/mol. The third-order valence-corrected chi connectivity index (χ3v) is 7.23. The number of hydrogen-bond donors (Lipinski definition) is 2. The summed E-state index contributed by atoms with van der Waals surface area (Å²) in [5, 5.41) is 8.20. The Bertz CT molecular complexity index is 1370. The number of carbonyl (C=O) groups excluding carboxylic acids is 1. The molecule has 1 aromatic heterocycles. The van der Waals surface area contributed by atoms with Crippen molar-refractivity contribution in [1.82, 2.24) is 14.9 Å². The highest BCUT2D eigenvalue weighted by molar-refractivity contribution is 7.89. The summed E-state index contributed by atoms with van der Waals surface area (Å²) in [5.74, 6) is 1.63. The minimum absolute atomic E-state index is 0.0772. The van der Waals surface area contributed by atoms with Crippen molar-refractivity contribution >= 4 is 38.9 Å². The lowest BCUT2D eigenvalue weighted by Crippen LogP contribution is -2.45. The first-order chi connectivity index (χ1) is 16.7. The highest BCUT2D eigenvalue weighted by atomic mass is 32.2. The quantitative estimate of drug-likeness (QED) is 0.566. The Morgan fingerprint density at radius 2 is 1.66 bits per heavy atom. The van der Waals surface area contributed by atoms with Gasteiger partial charge >= 0.3 is 0 Å². The molecule has 1 atom stereocenters. The molecule has 1 saturated heterocycles. The molecule has 0 aliphatic carbocycles. The SMILES string of the molecule is Cc1nc(N2CCN(C)CC2)cc(N2c3ccc(S(N)(=O)=O)cc3NC(=O)C2c2ccccc2)n1. The zero-order chi connectivity index (χ0) is 24.7. The van der Waals surface area contributed by atoms with Crippen LogP contribution in [0.5, 0.6) is 0 Å². The molecule has 3 aromatic rings. The molecule has 5 rings (SSSR count). The van der Waals surface area contributed by atoms with E-state index in [4.69, 9.17) is 10.1 Å². The molecule has 1 unspecified atom stereocenters. The lowest BCUT2D eigenvalue weighted by atomic mass is 10.00. The van der Waals surface area contributed by atoms with Crippen molar-refractivity contribution in [1.29, 1.82) is 0 Å². The Kier molecular flexibility index (Phi) is 5.91. The highest BCUT2D eigenvalue weighted by Gasteiger charge is 2.37. The fourth-order valence-corrected chi connectivity index (χ4v) is 5.05. The number of nitrogens with one attached hydrogen (secondary N) is 1. The molecule has 11 heteroatoms. The first-order valence-electron chi connectivity index (χ1n) is 11.3. The van der Waals surface area contributed by atoms with Crippen molar-refractivity contribution in [3.05, 3.63) is 66.0 Å². The van der Waals surface area contributed by atoms with Crippen LogP contribution < -0.4 is 20.3 Å². The molecular formula is C24H27N7O3S. The van der Waals surface area contributed by atoms with Crippen LogP contribution in [0.25, 0.3) is 0 Å². The maximum atomic E-state index is 13.4. The Labute approximate surface area is 204 Å². The van der Waals surface area contributed by atoms with Crippen LogP contribution >= 0.6 is 0 Å². The van der Waals surface area contributed by atoms with Crippen LogP contribution in [0.4, 0.5) is 23.0 Å². The van der Waals surface area contributed by atoms with Gasteiger partial charge in [0.05, 0.1) is 16.3 Å². The number of nitrogens with two attached hydrogens (primary N) is 1. The van der Waals surface area contributed by atoms with Crippen LogP contribution in [-0.4, -0.2) is 62.4 Å². The summed E-state index contributed by atoms with van der Waals surface area (Å²) >= 11 is 0. The molecule has 3 heterocycles. The monoisotopic (exact) mass is 493 g/mol. The molecule has 3 N–H and O–H groups in total. The number of amides is 1. The number of benzene rings is 2. The zero-order valence-corrected chi connectivity index (χ0v) is 20.4. The van der Waals surface area contributed by atoms with Crippen molar-refractivity contribution in [3.8, 4) is 0 Å². The second-order valence-electron chi connectivity index (χ2n) is 8.82. The number of carbonyl (C=O) groups is 1. The lowest BCUT2D eigenvalue weighted by molar-refractivity contribution is -0.117. The molecule has 1 fully saturated rings. The van der Waals surface area contributed by atoms with Crippen molar-refractivity contribution in [2.75, 3.05) is 48.3 Å². The number of primary sulfonamides is 1. The van der Waals surface area contributed by atoms with E-state index in [1.807, 2.05) is 48.2 Å². The van der Waals surface area contributed by atoms with E-state index in [9.17, 15) is 13.2 Å². The van der Waals surface area contributed by atoms with E-state index in [-0.39, 0.29) is 10.8 Å². The van der Waals surface area contributed by atoms with E-state index < -0.39 is 16.1 Å². The van der Waals surface area contributed by atoms with Crippen molar-refractivity contribution in [2.24, 2.45) is 5.14 Å². The van der Waals surface area contributed by atoms with Gasteiger partial charge in [0, 0.05) is 32.2 Å². The maximum Gasteiger partial charge on any atom is 0.252 e. The van der Waals surface area contributed by atoms with Crippen LogP contribution in [0.3, 0.4) is 0 Å². The van der Waals surface area contributed by atoms with Crippen LogP contribution in [0.2, 0.25) is 0 Å². The number of likely N-dealkylation sites (N-methyl/N-ethyl adjacent to an activating group) is 1. The molecule has 0 spiro atoms. The van der Waals surface area contributed by atoms with Gasteiger partial charge in [0.2, 0.25) is 10.0 Å². The Morgan fingerprint density at radius 3 is 2.34 bits per heavy atom. The number of anilines is 4. The minimum atomic E-state index is -3.94. The average molecular weight is 494 g/mol. The summed E-state index contributed by atoms with van der Waals surface area (Å²) in [4.78, 5) is 29.0. The molecule has 0 radical (unpaired) electrons. The molecule has 0 saturated carbocycles. The summed E-state index contributed by atoms with van der Waals surface area (Å²) in [5.41, 5.74) is 1.75. The maximum absolute atomic E-state index is 13.4. The molecule has 2 aliphatic heterocycles. The molecule has 2 aliphatic rings. The van der Waals surface area contributed by atoms with Gasteiger partial charge in [-0.05, 0) is 37.7 Å². The normalized spacial score (nSPS) is 18.8. The Balaban J connectivity index is 1.66. The van der Waals surface area contributed by atoms with Crippen molar-refractivity contribution in [2.45, 2.75) is 17.9 Å². The molecule has 10 nitrogen and oxygen atoms in total. The van der Waals surface area contributed by atoms with Gasteiger partial charge in [0.15, 0.2) is 0 Å².